The van der Waals surface area contributed by atoms with Crippen molar-refractivity contribution in [2.24, 2.45) is 5.92 Å². The number of benzene rings is 1. The predicted molar refractivity (Wildman–Crippen MR) is 91.0 cm³/mol. The molecule has 122 valence electrons. The van der Waals surface area contributed by atoms with Crippen molar-refractivity contribution in [2.75, 3.05) is 5.32 Å². The summed E-state index contributed by atoms with van der Waals surface area (Å²) in [6.07, 6.45) is 0.397. The third kappa shape index (κ3) is 5.14. The molecule has 1 atom stereocenters. The molecule has 0 aliphatic carbocycles. The Kier molecular flexibility index (Phi) is 5.81. The van der Waals surface area contributed by atoms with Crippen LogP contribution in [0.2, 0.25) is 0 Å². The largest absolute Gasteiger partial charge is 0.345 e. The Morgan fingerprint density at radius 2 is 1.83 bits per heavy atom. The molecule has 6 nitrogen and oxygen atoms in total. The van der Waals surface area contributed by atoms with E-state index < -0.39 is 6.04 Å². The molecule has 2 rings (SSSR count). The lowest BCUT2D eigenvalue weighted by Crippen LogP contribution is -2.41. The summed E-state index contributed by atoms with van der Waals surface area (Å²) >= 11 is 1.29. The average Bonchev–Trinajstić information content (AvgIpc) is 2.95. The summed E-state index contributed by atoms with van der Waals surface area (Å²) in [7, 11) is 0. The molecule has 1 aromatic heterocycles. The fourth-order valence-electron chi connectivity index (χ4n) is 1.92. The van der Waals surface area contributed by atoms with Crippen LogP contribution >= 0.6 is 11.3 Å². The zero-order valence-electron chi connectivity index (χ0n) is 13.4. The van der Waals surface area contributed by atoms with E-state index in [-0.39, 0.29) is 17.7 Å². The normalized spacial score (nSPS) is 12.0. The topological polar surface area (TPSA) is 84.0 Å². The van der Waals surface area contributed by atoms with Crippen LogP contribution in [0.4, 0.5) is 5.13 Å². The monoisotopic (exact) mass is 332 g/mol. The second kappa shape index (κ2) is 7.82. The number of nitrogens with one attached hydrogen (secondary N) is 2. The van der Waals surface area contributed by atoms with Crippen molar-refractivity contribution in [2.45, 2.75) is 33.2 Å². The first-order valence-corrected chi connectivity index (χ1v) is 8.26. The summed E-state index contributed by atoms with van der Waals surface area (Å²) < 4.78 is 0. The van der Waals surface area contributed by atoms with Crippen LogP contribution in [-0.2, 0) is 9.59 Å². The molecule has 0 saturated carbocycles. The van der Waals surface area contributed by atoms with E-state index in [1.807, 2.05) is 44.2 Å². The number of amides is 2. The minimum Gasteiger partial charge on any atom is -0.345 e. The van der Waals surface area contributed by atoms with Crippen molar-refractivity contribution in [1.29, 1.82) is 0 Å². The summed E-state index contributed by atoms with van der Waals surface area (Å²) in [6.45, 7) is 5.56. The molecule has 2 aromatic rings. The third-order valence-corrected chi connectivity index (χ3v) is 3.93. The molecule has 0 fully saturated rings. The van der Waals surface area contributed by atoms with Crippen LogP contribution in [0.15, 0.2) is 30.3 Å². The summed E-state index contributed by atoms with van der Waals surface area (Å²) in [4.78, 5) is 23.8. The molecular formula is C16H20N4O2S. The van der Waals surface area contributed by atoms with E-state index in [2.05, 4.69) is 20.8 Å². The Hall–Kier alpha value is -2.28. The summed E-state index contributed by atoms with van der Waals surface area (Å²) in [5.74, 6) is -0.190. The molecule has 0 aliphatic rings. The zero-order chi connectivity index (χ0) is 16.8. The highest BCUT2D eigenvalue weighted by molar-refractivity contribution is 7.18. The maximum atomic E-state index is 12.1. The van der Waals surface area contributed by atoms with Crippen molar-refractivity contribution >= 4 is 28.3 Å². The van der Waals surface area contributed by atoms with Crippen LogP contribution in [-0.4, -0.2) is 28.1 Å². The molecule has 7 heteroatoms. The first-order chi connectivity index (χ1) is 11.0. The van der Waals surface area contributed by atoms with E-state index in [0.29, 0.717) is 11.6 Å². The lowest BCUT2D eigenvalue weighted by Gasteiger charge is -2.13. The molecule has 2 amide bonds. The molecule has 1 heterocycles. The molecule has 23 heavy (non-hydrogen) atoms. The fourth-order valence-corrected chi connectivity index (χ4v) is 2.67. The maximum Gasteiger partial charge on any atom is 0.248 e. The van der Waals surface area contributed by atoms with Gasteiger partial charge in [-0.15, -0.1) is 10.2 Å². The van der Waals surface area contributed by atoms with Crippen molar-refractivity contribution < 1.29 is 9.59 Å². The standard InChI is InChI=1S/C16H20N4O2S/c1-10(2)9-13(21)17-11(3)14(22)18-16-20-19-15(23-16)12-7-5-4-6-8-12/h4-8,10-11H,9H2,1-3H3,(H,17,21)(H,18,20,22)/t11-/m1/s1. The Balaban J connectivity index is 1.93. The lowest BCUT2D eigenvalue weighted by atomic mass is 10.1. The van der Waals surface area contributed by atoms with Crippen molar-refractivity contribution in [3.05, 3.63) is 30.3 Å². The fraction of sp³-hybridized carbons (Fsp3) is 0.375. The Morgan fingerprint density at radius 3 is 2.48 bits per heavy atom. The van der Waals surface area contributed by atoms with Crippen molar-refractivity contribution in [3.8, 4) is 10.6 Å². The van der Waals surface area contributed by atoms with Crippen molar-refractivity contribution in [3.63, 3.8) is 0 Å². The van der Waals surface area contributed by atoms with Crippen LogP contribution in [0.1, 0.15) is 27.2 Å². The number of anilines is 1. The van der Waals surface area contributed by atoms with Gasteiger partial charge in [0, 0.05) is 12.0 Å². The van der Waals surface area contributed by atoms with E-state index in [1.165, 1.54) is 11.3 Å². The van der Waals surface area contributed by atoms with E-state index in [1.54, 1.807) is 6.92 Å². The second-order valence-electron chi connectivity index (χ2n) is 5.65. The van der Waals surface area contributed by atoms with Gasteiger partial charge in [-0.25, -0.2) is 0 Å². The molecule has 0 radical (unpaired) electrons. The quantitative estimate of drug-likeness (QED) is 0.852. The number of hydrogen-bond donors (Lipinski definition) is 2. The van der Waals surface area contributed by atoms with Crippen LogP contribution in [0.25, 0.3) is 10.6 Å². The number of rotatable bonds is 6. The van der Waals surface area contributed by atoms with Gasteiger partial charge in [-0.05, 0) is 12.8 Å². The van der Waals surface area contributed by atoms with Crippen LogP contribution in [0.5, 0.6) is 0 Å². The van der Waals surface area contributed by atoms with Crippen LogP contribution in [0.3, 0.4) is 0 Å². The van der Waals surface area contributed by atoms with E-state index in [4.69, 9.17) is 0 Å². The van der Waals surface area contributed by atoms with Gasteiger partial charge in [-0.1, -0.05) is 55.5 Å². The number of hydrogen-bond acceptors (Lipinski definition) is 5. The minimum atomic E-state index is -0.620. The van der Waals surface area contributed by atoms with Gasteiger partial charge in [0.1, 0.15) is 11.0 Å². The Morgan fingerprint density at radius 1 is 1.13 bits per heavy atom. The first kappa shape index (κ1) is 17.1. The summed E-state index contributed by atoms with van der Waals surface area (Å²) in [5, 5.41) is 14.5. The number of carbonyl (C=O) groups is 2. The number of nitrogens with zero attached hydrogens (tertiary/aromatic N) is 2. The molecule has 0 saturated heterocycles. The predicted octanol–water partition coefficient (Wildman–Crippen LogP) is 2.69. The molecule has 2 N–H and O–H groups in total. The smallest absolute Gasteiger partial charge is 0.248 e. The highest BCUT2D eigenvalue weighted by Crippen LogP contribution is 2.25. The van der Waals surface area contributed by atoms with Gasteiger partial charge >= 0.3 is 0 Å². The maximum absolute atomic E-state index is 12.1. The highest BCUT2D eigenvalue weighted by atomic mass is 32.1. The SMILES string of the molecule is CC(C)CC(=O)N[C@H](C)C(=O)Nc1nnc(-c2ccccc2)s1. The Labute approximate surface area is 139 Å². The third-order valence-electron chi connectivity index (χ3n) is 3.04. The molecule has 0 bridgehead atoms. The first-order valence-electron chi connectivity index (χ1n) is 7.45. The zero-order valence-corrected chi connectivity index (χ0v) is 14.2. The van der Waals surface area contributed by atoms with Crippen LogP contribution in [0, 0.1) is 5.92 Å². The van der Waals surface area contributed by atoms with Crippen molar-refractivity contribution in [1.82, 2.24) is 15.5 Å². The summed E-state index contributed by atoms with van der Waals surface area (Å²) in [5.41, 5.74) is 0.948. The van der Waals surface area contributed by atoms with E-state index >= 15 is 0 Å². The summed E-state index contributed by atoms with van der Waals surface area (Å²) in [6, 6.07) is 9.00. The van der Waals surface area contributed by atoms with Gasteiger partial charge in [0.05, 0.1) is 0 Å². The molecule has 0 unspecified atom stereocenters. The minimum absolute atomic E-state index is 0.134. The number of carbonyl (C=O) groups excluding carboxylic acids is 2. The highest BCUT2D eigenvalue weighted by Gasteiger charge is 2.18. The lowest BCUT2D eigenvalue weighted by molar-refractivity contribution is -0.126. The van der Waals surface area contributed by atoms with Gasteiger partial charge in [0.2, 0.25) is 16.9 Å². The van der Waals surface area contributed by atoms with Gasteiger partial charge in [-0.3, -0.25) is 14.9 Å². The van der Waals surface area contributed by atoms with Gasteiger partial charge in [0.25, 0.3) is 0 Å². The second-order valence-corrected chi connectivity index (χ2v) is 6.63. The Bertz CT molecular complexity index is 670. The van der Waals surface area contributed by atoms with Crippen LogP contribution < -0.4 is 10.6 Å². The molecule has 1 aromatic carbocycles. The molecule has 0 aliphatic heterocycles. The van der Waals surface area contributed by atoms with Gasteiger partial charge in [0.15, 0.2) is 0 Å². The number of aromatic nitrogens is 2. The van der Waals surface area contributed by atoms with Gasteiger partial charge < -0.3 is 5.32 Å². The molecule has 0 spiro atoms. The van der Waals surface area contributed by atoms with Gasteiger partial charge in [-0.2, -0.15) is 0 Å². The van der Waals surface area contributed by atoms with E-state index in [9.17, 15) is 9.59 Å². The average molecular weight is 332 g/mol. The van der Waals surface area contributed by atoms with E-state index in [0.717, 1.165) is 10.6 Å². The molecular weight excluding hydrogens is 312 g/mol.